The zero-order valence-corrected chi connectivity index (χ0v) is 30.3. The molecule has 0 nitrogen and oxygen atoms in total. The van der Waals surface area contributed by atoms with Crippen LogP contribution in [-0.4, -0.2) is 0 Å². The van der Waals surface area contributed by atoms with E-state index in [0.29, 0.717) is 0 Å². The summed E-state index contributed by atoms with van der Waals surface area (Å²) in [5.74, 6) is 0. The van der Waals surface area contributed by atoms with Crippen molar-refractivity contribution in [3.8, 4) is 0 Å². The smallest absolute Gasteiger partial charge is 0.160 e. The minimum Gasteiger partial charge on any atom is -0.160 e. The van der Waals surface area contributed by atoms with Gasteiger partial charge in [0.25, 0.3) is 0 Å². The van der Waals surface area contributed by atoms with Gasteiger partial charge < -0.3 is 0 Å². The Labute approximate surface area is 287 Å². The predicted octanol–water partition coefficient (Wildman–Crippen LogP) is 8.63. The quantitative estimate of drug-likeness (QED) is 0.0902. The van der Waals surface area contributed by atoms with Crippen LogP contribution in [0, 0.1) is 0 Å². The Morgan fingerprint density at radius 1 is 0.311 bits per heavy atom. The van der Waals surface area contributed by atoms with E-state index in [4.69, 9.17) is 0 Å². The summed E-state index contributed by atoms with van der Waals surface area (Å²) in [5, 5.41) is 13.8. The molecule has 0 bridgehead atoms. The minimum absolute atomic E-state index is 0. The number of hydrogen-bond acceptors (Lipinski definition) is 0. The van der Waals surface area contributed by atoms with Crippen LogP contribution in [0.5, 0.6) is 0 Å². The van der Waals surface area contributed by atoms with Crippen LogP contribution in [0.4, 0.5) is 0 Å². The summed E-state index contributed by atoms with van der Waals surface area (Å²) in [6, 6.07) is 70.0. The summed E-state index contributed by atoms with van der Waals surface area (Å²) in [6.07, 6.45) is 0. The van der Waals surface area contributed by atoms with E-state index in [-0.39, 0.29) is 25.8 Å². The second kappa shape index (κ2) is 15.0. The number of hydrogen-bond donors (Lipinski definition) is 0. The van der Waals surface area contributed by atoms with Gasteiger partial charge in [-0.2, -0.15) is 12.1 Å². The van der Waals surface area contributed by atoms with Gasteiger partial charge in [0, 0.05) is 0 Å². The fraction of sp³-hybridized carbons (Fsp3) is 0. The molecule has 0 fully saturated rings. The Balaban J connectivity index is 0.000000155. The first-order valence-electron chi connectivity index (χ1n) is 14.9. The van der Waals surface area contributed by atoms with Gasteiger partial charge in [-0.05, 0) is 37.1 Å². The molecule has 0 heterocycles. The fourth-order valence-corrected chi connectivity index (χ4v) is 10.5. The summed E-state index contributed by atoms with van der Waals surface area (Å²) >= 11 is 0. The van der Waals surface area contributed by atoms with E-state index >= 15 is 0 Å². The Kier molecular flexibility index (Phi) is 10.4. The van der Waals surface area contributed by atoms with Crippen molar-refractivity contribution in [2.45, 2.75) is 0 Å². The maximum Gasteiger partial charge on any atom is 4.00 e. The van der Waals surface area contributed by atoms with Crippen LogP contribution < -0.4 is 31.8 Å². The molecule has 8 aromatic carbocycles. The maximum atomic E-state index is 2.35. The summed E-state index contributed by atoms with van der Waals surface area (Å²) in [6.45, 7) is 0. The van der Waals surface area contributed by atoms with Crippen LogP contribution >= 0.6 is 15.8 Å². The molecule has 0 aliphatic rings. The van der Waals surface area contributed by atoms with Gasteiger partial charge >= 0.3 is 25.8 Å². The molecule has 0 spiro atoms. The van der Waals surface area contributed by atoms with Crippen LogP contribution in [0.15, 0.2) is 194 Å². The molecule has 3 heteroatoms. The van der Waals surface area contributed by atoms with Gasteiger partial charge in [0.1, 0.15) is 0 Å². The van der Waals surface area contributed by atoms with Crippen molar-refractivity contribution >= 4 is 69.2 Å². The van der Waals surface area contributed by atoms with E-state index in [0.717, 1.165) is 0 Å². The van der Waals surface area contributed by atoms with Crippen LogP contribution in [0.2, 0.25) is 0 Å². The maximum absolute atomic E-state index is 2.35. The van der Waals surface area contributed by atoms with E-state index in [1.165, 1.54) is 53.4 Å². The first-order chi connectivity index (χ1) is 21.8. The number of rotatable bonds is 6. The Morgan fingerprint density at radius 3 is 0.867 bits per heavy atom. The molecule has 0 aliphatic heterocycles. The monoisotopic (exact) mass is 778 g/mol. The van der Waals surface area contributed by atoms with Crippen LogP contribution in [0.3, 0.4) is 0 Å². The van der Waals surface area contributed by atoms with Gasteiger partial charge in [-0.15, -0.1) is 80.7 Å². The summed E-state index contributed by atoms with van der Waals surface area (Å²) in [4.78, 5) is 0. The van der Waals surface area contributed by atoms with Crippen molar-refractivity contribution in [1.29, 1.82) is 0 Å². The average molecular weight is 777 g/mol. The fourth-order valence-electron chi connectivity index (χ4n) is 5.73. The summed E-state index contributed by atoms with van der Waals surface area (Å²) in [5.41, 5.74) is 0. The molecule has 212 valence electrons. The van der Waals surface area contributed by atoms with Gasteiger partial charge in [0.15, 0.2) is 0 Å². The molecule has 0 atom stereocenters. The van der Waals surface area contributed by atoms with Crippen molar-refractivity contribution in [1.82, 2.24) is 0 Å². The molecule has 0 amide bonds. The van der Waals surface area contributed by atoms with Crippen molar-refractivity contribution in [3.63, 3.8) is 0 Å². The molecule has 8 aromatic rings. The van der Waals surface area contributed by atoms with E-state index < -0.39 is 15.8 Å². The molecule has 0 radical (unpaired) electrons. The van der Waals surface area contributed by atoms with E-state index in [2.05, 4.69) is 194 Å². The molecule has 0 aromatic heterocycles. The molecule has 0 aliphatic carbocycles. The van der Waals surface area contributed by atoms with Gasteiger partial charge in [-0.3, -0.25) is 0 Å². The molecule has 8 rings (SSSR count). The normalized spacial score (nSPS) is 10.9. The number of benzene rings is 6. The van der Waals surface area contributed by atoms with Crippen molar-refractivity contribution < 1.29 is 25.8 Å². The van der Waals surface area contributed by atoms with Crippen LogP contribution in [0.25, 0.3) is 21.5 Å². The molecule has 0 unspecified atom stereocenters. The third-order valence-corrected chi connectivity index (χ3v) is 12.6. The second-order valence-electron chi connectivity index (χ2n) is 10.7. The molecule has 0 N–H and O–H groups in total. The van der Waals surface area contributed by atoms with Crippen molar-refractivity contribution in [3.05, 3.63) is 194 Å². The van der Waals surface area contributed by atoms with Crippen LogP contribution in [-0.2, 0) is 25.8 Å². The van der Waals surface area contributed by atoms with E-state index in [1.807, 2.05) is 0 Å². The number of fused-ring (bicyclic) bond motifs is 2. The standard InChI is InChI=1S/2C21H16P.Hf/c2*1-3-11-19(12-4-1)22(20-13-5-2-6-14-20)21-15-17-9-7-8-10-18(17)16-21;/h2*1-16H;/q2*-1;+4. The van der Waals surface area contributed by atoms with Gasteiger partial charge in [0.05, 0.1) is 0 Å². The van der Waals surface area contributed by atoms with E-state index in [1.54, 1.807) is 0 Å². The largest absolute Gasteiger partial charge is 4.00 e. The Morgan fingerprint density at radius 2 is 0.578 bits per heavy atom. The topological polar surface area (TPSA) is 0 Å². The Bertz CT molecular complexity index is 1770. The Hall–Kier alpha value is -3.73. The average Bonchev–Trinajstić information content (AvgIpc) is 3.72. The van der Waals surface area contributed by atoms with Gasteiger partial charge in [-0.25, -0.2) is 0 Å². The molecule has 0 saturated carbocycles. The zero-order valence-electron chi connectivity index (χ0n) is 24.9. The van der Waals surface area contributed by atoms with Gasteiger partial charge in [-0.1, -0.05) is 133 Å². The molecular weight excluding hydrogens is 745 g/mol. The van der Waals surface area contributed by atoms with Gasteiger partial charge in [0.2, 0.25) is 0 Å². The van der Waals surface area contributed by atoms with Crippen molar-refractivity contribution in [2.24, 2.45) is 0 Å². The second-order valence-corrected chi connectivity index (χ2v) is 15.1. The third-order valence-electron chi connectivity index (χ3n) is 7.78. The summed E-state index contributed by atoms with van der Waals surface area (Å²) < 4.78 is 0. The zero-order chi connectivity index (χ0) is 29.6. The third kappa shape index (κ3) is 7.24. The predicted molar refractivity (Wildman–Crippen MR) is 196 cm³/mol. The molecule has 45 heavy (non-hydrogen) atoms. The summed E-state index contributed by atoms with van der Waals surface area (Å²) in [7, 11) is -0.986. The first kappa shape index (κ1) is 31.3. The first-order valence-corrected chi connectivity index (χ1v) is 17.6. The van der Waals surface area contributed by atoms with Crippen LogP contribution in [0.1, 0.15) is 0 Å². The molecule has 0 saturated heterocycles. The minimum atomic E-state index is -0.493. The SMILES string of the molecule is [Hf+4].c1ccc(P(c2ccccc2)c2cc3ccccc3[cH-]2)cc1.c1ccc(P(c2ccccc2)c2cc3ccccc3[cH-]2)cc1. The van der Waals surface area contributed by atoms with E-state index in [9.17, 15) is 0 Å². The van der Waals surface area contributed by atoms with Crippen molar-refractivity contribution in [2.75, 3.05) is 0 Å². The molecular formula is C42H32HfP2+2.